The highest BCUT2D eigenvalue weighted by molar-refractivity contribution is 5.89. The maximum Gasteiger partial charge on any atom is 0.310 e. The van der Waals surface area contributed by atoms with Gasteiger partial charge in [0.25, 0.3) is 0 Å². The van der Waals surface area contributed by atoms with Crippen LogP contribution in [0, 0.1) is 17.3 Å². The van der Waals surface area contributed by atoms with Crippen LogP contribution < -0.4 is 0 Å². The molecule has 0 aliphatic heterocycles. The first-order chi connectivity index (χ1) is 10.6. The van der Waals surface area contributed by atoms with Crippen LogP contribution in [-0.2, 0) is 19.1 Å². The number of carbonyl (C=O) groups excluding carboxylic acids is 2. The third kappa shape index (κ3) is 2.23. The lowest BCUT2D eigenvalue weighted by atomic mass is 9.67. The van der Waals surface area contributed by atoms with E-state index in [2.05, 4.69) is 18.2 Å². The highest BCUT2D eigenvalue weighted by Gasteiger charge is 2.61. The Bertz CT molecular complexity index is 613. The zero-order valence-corrected chi connectivity index (χ0v) is 12.9. The molecule has 4 nitrogen and oxygen atoms in total. The van der Waals surface area contributed by atoms with Crippen LogP contribution in [0.2, 0.25) is 0 Å². The Morgan fingerprint density at radius 1 is 1.05 bits per heavy atom. The summed E-state index contributed by atoms with van der Waals surface area (Å²) in [5, 5.41) is 0. The van der Waals surface area contributed by atoms with E-state index in [1.54, 1.807) is 0 Å². The van der Waals surface area contributed by atoms with Crippen LogP contribution in [-0.4, -0.2) is 26.2 Å². The average Bonchev–Trinajstić information content (AvgIpc) is 3.34. The molecule has 1 spiro atoms. The van der Waals surface area contributed by atoms with Crippen LogP contribution in [0.1, 0.15) is 24.8 Å². The van der Waals surface area contributed by atoms with E-state index in [0.717, 1.165) is 18.4 Å². The molecule has 116 valence electrons. The van der Waals surface area contributed by atoms with Crippen molar-refractivity contribution < 1.29 is 19.1 Å². The quantitative estimate of drug-likeness (QED) is 0.806. The van der Waals surface area contributed by atoms with Gasteiger partial charge in [0.1, 0.15) is 0 Å². The van der Waals surface area contributed by atoms with Gasteiger partial charge in [0.2, 0.25) is 0 Å². The molecule has 1 aromatic carbocycles. The predicted octanol–water partition coefficient (Wildman–Crippen LogP) is 2.83. The smallest absolute Gasteiger partial charge is 0.310 e. The van der Waals surface area contributed by atoms with E-state index in [0.29, 0.717) is 6.42 Å². The van der Waals surface area contributed by atoms with Gasteiger partial charge in [-0.15, -0.1) is 0 Å². The second-order valence-corrected chi connectivity index (χ2v) is 6.01. The van der Waals surface area contributed by atoms with Crippen LogP contribution in [0.4, 0.5) is 0 Å². The van der Waals surface area contributed by atoms with Crippen molar-refractivity contribution in [1.29, 1.82) is 0 Å². The largest absolute Gasteiger partial charge is 0.469 e. The van der Waals surface area contributed by atoms with E-state index in [9.17, 15) is 9.59 Å². The first-order valence-electron chi connectivity index (χ1n) is 7.56. The number of benzene rings is 1. The number of methoxy groups -OCH3 is 2. The molecule has 1 fully saturated rings. The van der Waals surface area contributed by atoms with Gasteiger partial charge in [0.05, 0.1) is 26.1 Å². The molecule has 3 rings (SSSR count). The van der Waals surface area contributed by atoms with Gasteiger partial charge in [-0.3, -0.25) is 9.59 Å². The van der Waals surface area contributed by atoms with Crippen LogP contribution in [0.5, 0.6) is 0 Å². The zero-order chi connectivity index (χ0) is 15.7. The summed E-state index contributed by atoms with van der Waals surface area (Å²) in [5.74, 6) is -1.54. The molecule has 0 N–H and O–H groups in total. The molecular weight excluding hydrogens is 280 g/mol. The number of ether oxygens (including phenoxy) is 2. The minimum Gasteiger partial charge on any atom is -0.469 e. The number of hydrogen-bond acceptors (Lipinski definition) is 4. The second kappa shape index (κ2) is 5.59. The molecule has 2 atom stereocenters. The molecule has 0 bridgehead atoms. The van der Waals surface area contributed by atoms with Crippen LogP contribution in [0.15, 0.2) is 36.4 Å². The normalized spacial score (nSPS) is 25.3. The molecule has 2 aliphatic carbocycles. The molecule has 0 saturated heterocycles. The van der Waals surface area contributed by atoms with Crippen molar-refractivity contribution in [2.75, 3.05) is 14.2 Å². The summed E-state index contributed by atoms with van der Waals surface area (Å²) in [7, 11) is 2.75. The number of carbonyl (C=O) groups is 2. The maximum atomic E-state index is 12.4. The lowest BCUT2D eigenvalue weighted by molar-refractivity contribution is -0.160. The van der Waals surface area contributed by atoms with Gasteiger partial charge < -0.3 is 9.47 Å². The van der Waals surface area contributed by atoms with Crippen molar-refractivity contribution in [2.24, 2.45) is 17.3 Å². The van der Waals surface area contributed by atoms with E-state index >= 15 is 0 Å². The highest BCUT2D eigenvalue weighted by atomic mass is 16.5. The van der Waals surface area contributed by atoms with E-state index in [4.69, 9.17) is 9.47 Å². The molecule has 2 aliphatic rings. The number of rotatable bonds is 3. The monoisotopic (exact) mass is 300 g/mol. The second-order valence-electron chi connectivity index (χ2n) is 6.01. The average molecular weight is 300 g/mol. The first kappa shape index (κ1) is 14.8. The molecule has 2 unspecified atom stereocenters. The van der Waals surface area contributed by atoms with Crippen LogP contribution in [0.25, 0.3) is 5.57 Å². The summed E-state index contributed by atoms with van der Waals surface area (Å²) in [6.07, 6.45) is 4.42. The Morgan fingerprint density at radius 3 is 2.23 bits per heavy atom. The molecule has 22 heavy (non-hydrogen) atoms. The molecule has 4 heteroatoms. The number of hydrogen-bond donors (Lipinski definition) is 0. The number of allylic oxidation sites excluding steroid dienone is 2. The van der Waals surface area contributed by atoms with Crippen LogP contribution >= 0.6 is 0 Å². The zero-order valence-electron chi connectivity index (χ0n) is 12.9. The highest BCUT2D eigenvalue weighted by Crippen LogP contribution is 2.65. The molecule has 0 aromatic heterocycles. The van der Waals surface area contributed by atoms with E-state index in [1.807, 2.05) is 18.2 Å². The Kier molecular flexibility index (Phi) is 3.77. The molecule has 0 radical (unpaired) electrons. The summed E-state index contributed by atoms with van der Waals surface area (Å²) in [5.41, 5.74) is 2.02. The van der Waals surface area contributed by atoms with Crippen LogP contribution in [0.3, 0.4) is 0 Å². The molecule has 1 saturated carbocycles. The summed E-state index contributed by atoms with van der Waals surface area (Å²) in [6.45, 7) is 0. The first-order valence-corrected chi connectivity index (χ1v) is 7.56. The van der Waals surface area contributed by atoms with Crippen molar-refractivity contribution in [3.63, 3.8) is 0 Å². The standard InChI is InChI=1S/C18H20O4/c1-21-16(19)13-8-9-14(12-6-4-3-5-7-12)18(10-11-18)15(13)17(20)22-2/h3-7,9,13,15H,8,10-11H2,1-2H3. The van der Waals surface area contributed by atoms with Gasteiger partial charge in [-0.2, -0.15) is 0 Å². The molecule has 0 heterocycles. The third-order valence-electron chi connectivity index (χ3n) is 4.94. The maximum absolute atomic E-state index is 12.4. The fourth-order valence-corrected chi connectivity index (χ4v) is 3.78. The van der Waals surface area contributed by atoms with Crippen molar-refractivity contribution in [1.82, 2.24) is 0 Å². The fourth-order valence-electron chi connectivity index (χ4n) is 3.78. The fraction of sp³-hybridized carbons (Fsp3) is 0.444. The minimum atomic E-state index is -0.454. The van der Waals surface area contributed by atoms with Crippen molar-refractivity contribution in [3.05, 3.63) is 42.0 Å². The lowest BCUT2D eigenvalue weighted by Crippen LogP contribution is -2.40. The van der Waals surface area contributed by atoms with Gasteiger partial charge >= 0.3 is 11.9 Å². The van der Waals surface area contributed by atoms with Gasteiger partial charge in [-0.05, 0) is 30.4 Å². The topological polar surface area (TPSA) is 52.6 Å². The van der Waals surface area contributed by atoms with Crippen molar-refractivity contribution >= 4 is 17.5 Å². The van der Waals surface area contributed by atoms with Gasteiger partial charge in [0, 0.05) is 5.41 Å². The SMILES string of the molecule is COC(=O)C1CC=C(c2ccccc2)C2(CC2)C1C(=O)OC. The summed E-state index contributed by atoms with van der Waals surface area (Å²) < 4.78 is 9.90. The van der Waals surface area contributed by atoms with E-state index < -0.39 is 11.8 Å². The van der Waals surface area contributed by atoms with Crippen molar-refractivity contribution in [3.8, 4) is 0 Å². The van der Waals surface area contributed by atoms with Gasteiger partial charge in [-0.25, -0.2) is 0 Å². The lowest BCUT2D eigenvalue weighted by Gasteiger charge is -2.36. The molecular formula is C18H20O4. The van der Waals surface area contributed by atoms with Crippen molar-refractivity contribution in [2.45, 2.75) is 19.3 Å². The molecule has 1 aromatic rings. The third-order valence-corrected chi connectivity index (χ3v) is 4.94. The minimum absolute atomic E-state index is 0.272. The summed E-state index contributed by atoms with van der Waals surface area (Å²) in [6, 6.07) is 10.1. The predicted molar refractivity (Wildman–Crippen MR) is 81.7 cm³/mol. The Balaban J connectivity index is 2.04. The van der Waals surface area contributed by atoms with E-state index in [-0.39, 0.29) is 17.4 Å². The number of esters is 2. The van der Waals surface area contributed by atoms with Gasteiger partial charge in [0.15, 0.2) is 0 Å². The Labute approximate surface area is 130 Å². The van der Waals surface area contributed by atoms with Gasteiger partial charge in [-0.1, -0.05) is 36.4 Å². The summed E-state index contributed by atoms with van der Waals surface area (Å²) >= 11 is 0. The Hall–Kier alpha value is -2.10. The molecule has 0 amide bonds. The Morgan fingerprint density at radius 2 is 1.68 bits per heavy atom. The summed E-state index contributed by atoms with van der Waals surface area (Å²) in [4.78, 5) is 24.5. The van der Waals surface area contributed by atoms with E-state index in [1.165, 1.54) is 19.8 Å².